The number of amides is 1. The number of fused-ring (bicyclic) bond motifs is 1. The number of nitrogens with one attached hydrogen (secondary N) is 1. The zero-order chi connectivity index (χ0) is 19.4. The highest BCUT2D eigenvalue weighted by molar-refractivity contribution is 6.62. The molecule has 1 aromatic rings. The van der Waals surface area contributed by atoms with Crippen molar-refractivity contribution in [3.63, 3.8) is 0 Å². The van der Waals surface area contributed by atoms with Gasteiger partial charge in [-0.05, 0) is 36.5 Å². The van der Waals surface area contributed by atoms with E-state index in [0.29, 0.717) is 36.4 Å². The minimum atomic E-state index is -1.01. The van der Waals surface area contributed by atoms with Crippen molar-refractivity contribution in [3.8, 4) is 0 Å². The van der Waals surface area contributed by atoms with E-state index >= 15 is 0 Å². The van der Waals surface area contributed by atoms with Gasteiger partial charge in [-0.2, -0.15) is 0 Å². The van der Waals surface area contributed by atoms with Crippen LogP contribution in [0, 0.1) is 6.92 Å². The van der Waals surface area contributed by atoms with Crippen LogP contribution in [-0.2, 0) is 25.5 Å². The Balaban J connectivity index is 1.48. The third kappa shape index (κ3) is 4.67. The smallest absolute Gasteiger partial charge is 0.463 e. The highest BCUT2D eigenvalue weighted by atomic mass is 16.5. The van der Waals surface area contributed by atoms with Gasteiger partial charge in [0.1, 0.15) is 13.2 Å². The molecule has 1 atom stereocenters. The van der Waals surface area contributed by atoms with Gasteiger partial charge in [-0.1, -0.05) is 6.07 Å². The Kier molecular flexibility index (Phi) is 6.48. The number of carbonyl (C=O) groups is 2. The fourth-order valence-electron chi connectivity index (χ4n) is 3.39. The summed E-state index contributed by atoms with van der Waals surface area (Å²) in [6.07, 6.45) is 0. The van der Waals surface area contributed by atoms with Crippen LogP contribution < -0.4 is 10.8 Å². The molecule has 2 aliphatic heterocycles. The molecule has 0 saturated carbocycles. The summed E-state index contributed by atoms with van der Waals surface area (Å²) < 4.78 is 15.8. The molecule has 8 nitrogen and oxygen atoms in total. The maximum absolute atomic E-state index is 12.4. The van der Waals surface area contributed by atoms with Crippen molar-refractivity contribution in [2.75, 3.05) is 39.5 Å². The van der Waals surface area contributed by atoms with Crippen LogP contribution in [-0.4, -0.2) is 74.4 Å². The molecule has 0 spiro atoms. The average Bonchev–Trinajstić information content (AvgIpc) is 3.07. The van der Waals surface area contributed by atoms with Crippen molar-refractivity contribution in [1.82, 2.24) is 10.2 Å². The Labute approximate surface area is 158 Å². The number of rotatable bonds is 6. The number of ether oxygens (including phenoxy) is 2. The van der Waals surface area contributed by atoms with Crippen LogP contribution in [0.4, 0.5) is 0 Å². The van der Waals surface area contributed by atoms with Crippen molar-refractivity contribution in [3.05, 3.63) is 28.8 Å². The number of hydrogen-bond acceptors (Lipinski definition) is 7. The second-order valence-electron chi connectivity index (χ2n) is 6.84. The van der Waals surface area contributed by atoms with E-state index in [1.165, 1.54) is 0 Å². The summed E-state index contributed by atoms with van der Waals surface area (Å²) in [7, 11) is -1.01. The number of esters is 1. The quantitative estimate of drug-likeness (QED) is 0.496. The first-order valence-corrected chi connectivity index (χ1v) is 9.15. The van der Waals surface area contributed by atoms with E-state index in [-0.39, 0.29) is 25.1 Å². The van der Waals surface area contributed by atoms with Gasteiger partial charge in [-0.25, -0.2) is 0 Å². The van der Waals surface area contributed by atoms with Crippen LogP contribution in [0.3, 0.4) is 0 Å². The molecule has 27 heavy (non-hydrogen) atoms. The molecular formula is C18H25BN2O6. The number of hydrogen-bond donors (Lipinski definition) is 2. The SMILES string of the molecule is Cc1c(C(=O)NCC(=O)OCC(C)N2CCOCC2)ccc2c1B(O)OC2. The fourth-order valence-corrected chi connectivity index (χ4v) is 3.39. The molecular weight excluding hydrogens is 351 g/mol. The van der Waals surface area contributed by atoms with Crippen LogP contribution in [0.2, 0.25) is 0 Å². The molecule has 1 amide bonds. The Hall–Kier alpha value is -1.94. The third-order valence-electron chi connectivity index (χ3n) is 5.04. The standard InChI is InChI=1S/C18H25BN2O6/c1-12(21-5-7-25-8-6-21)10-26-16(22)9-20-18(23)15-4-3-14-11-27-19(24)17(14)13(15)2/h3-4,12,24H,5-11H2,1-2H3,(H,20,23). The molecule has 0 bridgehead atoms. The maximum atomic E-state index is 12.4. The Bertz CT molecular complexity index is 707. The van der Waals surface area contributed by atoms with E-state index in [4.69, 9.17) is 14.1 Å². The number of benzene rings is 1. The summed E-state index contributed by atoms with van der Waals surface area (Å²) in [6.45, 7) is 7.17. The highest BCUT2D eigenvalue weighted by Gasteiger charge is 2.31. The monoisotopic (exact) mass is 376 g/mol. The first-order chi connectivity index (χ1) is 13.0. The molecule has 1 saturated heterocycles. The normalized spacial score (nSPS) is 18.1. The minimum absolute atomic E-state index is 0.106. The molecule has 1 fully saturated rings. The summed E-state index contributed by atoms with van der Waals surface area (Å²) >= 11 is 0. The van der Waals surface area contributed by atoms with Crippen LogP contribution in [0.1, 0.15) is 28.4 Å². The van der Waals surface area contributed by atoms with Gasteiger partial charge in [-0.15, -0.1) is 0 Å². The Morgan fingerprint density at radius 3 is 2.85 bits per heavy atom. The van der Waals surface area contributed by atoms with Crippen molar-refractivity contribution >= 4 is 24.5 Å². The van der Waals surface area contributed by atoms with Gasteiger partial charge >= 0.3 is 13.1 Å². The minimum Gasteiger partial charge on any atom is -0.463 e. The molecule has 2 aliphatic rings. The lowest BCUT2D eigenvalue weighted by Crippen LogP contribution is -2.44. The Morgan fingerprint density at radius 2 is 2.11 bits per heavy atom. The van der Waals surface area contributed by atoms with E-state index in [2.05, 4.69) is 10.2 Å². The predicted octanol–water partition coefficient (Wildman–Crippen LogP) is -0.794. The largest absolute Gasteiger partial charge is 0.492 e. The van der Waals surface area contributed by atoms with Gasteiger partial charge < -0.3 is 24.5 Å². The molecule has 0 radical (unpaired) electrons. The number of nitrogens with zero attached hydrogens (tertiary/aromatic N) is 1. The molecule has 1 aromatic carbocycles. The second-order valence-corrected chi connectivity index (χ2v) is 6.84. The highest BCUT2D eigenvalue weighted by Crippen LogP contribution is 2.16. The lowest BCUT2D eigenvalue weighted by Gasteiger charge is -2.31. The molecule has 2 N–H and O–H groups in total. The number of carbonyl (C=O) groups excluding carboxylic acids is 2. The first-order valence-electron chi connectivity index (χ1n) is 9.15. The molecule has 0 aliphatic carbocycles. The first kappa shape index (κ1) is 19.8. The van der Waals surface area contributed by atoms with Crippen LogP contribution in [0.5, 0.6) is 0 Å². The lowest BCUT2D eigenvalue weighted by molar-refractivity contribution is -0.144. The van der Waals surface area contributed by atoms with Gasteiger partial charge in [0.25, 0.3) is 5.91 Å². The fraction of sp³-hybridized carbons (Fsp3) is 0.556. The zero-order valence-electron chi connectivity index (χ0n) is 15.7. The van der Waals surface area contributed by atoms with Crippen molar-refractivity contribution in [2.24, 2.45) is 0 Å². The topological polar surface area (TPSA) is 97.3 Å². The van der Waals surface area contributed by atoms with Gasteiger partial charge in [0, 0.05) is 24.7 Å². The van der Waals surface area contributed by atoms with Crippen LogP contribution >= 0.6 is 0 Å². The van der Waals surface area contributed by atoms with E-state index in [9.17, 15) is 14.6 Å². The van der Waals surface area contributed by atoms with Gasteiger partial charge in [0.15, 0.2) is 0 Å². The van der Waals surface area contributed by atoms with Crippen LogP contribution in [0.25, 0.3) is 0 Å². The van der Waals surface area contributed by atoms with E-state index < -0.39 is 13.1 Å². The van der Waals surface area contributed by atoms with E-state index in [0.717, 1.165) is 18.7 Å². The van der Waals surface area contributed by atoms with Crippen molar-refractivity contribution in [1.29, 1.82) is 0 Å². The summed E-state index contributed by atoms with van der Waals surface area (Å²) in [5, 5.41) is 12.5. The molecule has 1 unspecified atom stereocenters. The molecule has 146 valence electrons. The molecule has 2 heterocycles. The Morgan fingerprint density at radius 1 is 1.37 bits per heavy atom. The number of morpholine rings is 1. The van der Waals surface area contributed by atoms with Gasteiger partial charge in [0.05, 0.1) is 19.8 Å². The summed E-state index contributed by atoms with van der Waals surface area (Å²) in [5.41, 5.74) is 2.56. The summed E-state index contributed by atoms with van der Waals surface area (Å²) in [5.74, 6) is -0.863. The van der Waals surface area contributed by atoms with Crippen LogP contribution in [0.15, 0.2) is 12.1 Å². The molecule has 0 aromatic heterocycles. The summed E-state index contributed by atoms with van der Waals surface area (Å²) in [4.78, 5) is 26.6. The third-order valence-corrected chi connectivity index (χ3v) is 5.04. The zero-order valence-corrected chi connectivity index (χ0v) is 15.7. The van der Waals surface area contributed by atoms with E-state index in [1.807, 2.05) is 6.92 Å². The molecule has 3 rings (SSSR count). The van der Waals surface area contributed by atoms with Gasteiger partial charge in [-0.3, -0.25) is 14.5 Å². The van der Waals surface area contributed by atoms with Crippen molar-refractivity contribution in [2.45, 2.75) is 26.5 Å². The molecule has 9 heteroatoms. The van der Waals surface area contributed by atoms with Gasteiger partial charge in [0.2, 0.25) is 0 Å². The maximum Gasteiger partial charge on any atom is 0.492 e. The average molecular weight is 376 g/mol. The second kappa shape index (κ2) is 8.84. The summed E-state index contributed by atoms with van der Waals surface area (Å²) in [6, 6.07) is 3.54. The lowest BCUT2D eigenvalue weighted by atomic mass is 9.75. The van der Waals surface area contributed by atoms with Crippen molar-refractivity contribution < 1.29 is 28.7 Å². The predicted molar refractivity (Wildman–Crippen MR) is 98.7 cm³/mol. The van der Waals surface area contributed by atoms with E-state index in [1.54, 1.807) is 19.1 Å².